The maximum atomic E-state index is 12.8. The quantitative estimate of drug-likeness (QED) is 0.490. The molecule has 0 saturated carbocycles. The Labute approximate surface area is 200 Å². The molecule has 32 heavy (non-hydrogen) atoms. The van der Waals surface area contributed by atoms with Crippen molar-refractivity contribution in [2.75, 3.05) is 13.1 Å². The summed E-state index contributed by atoms with van der Waals surface area (Å²) < 4.78 is 6.70. The van der Waals surface area contributed by atoms with Gasteiger partial charge >= 0.3 is 6.09 Å². The van der Waals surface area contributed by atoms with Gasteiger partial charge in [-0.1, -0.05) is 36.2 Å². The number of benzene rings is 1. The number of carbonyl (C=O) groups is 1. The van der Waals surface area contributed by atoms with Crippen molar-refractivity contribution < 1.29 is 9.53 Å². The Morgan fingerprint density at radius 3 is 2.38 bits per heavy atom. The molecular weight excluding hydrogens is 468 g/mol. The molecule has 1 unspecified atom stereocenters. The Bertz CT molecular complexity index is 947. The van der Waals surface area contributed by atoms with Gasteiger partial charge < -0.3 is 9.64 Å². The van der Waals surface area contributed by atoms with Crippen LogP contribution in [0.5, 0.6) is 0 Å². The fraction of sp³-hybridized carbons (Fsp3) is 0.640. The predicted octanol–water partition coefficient (Wildman–Crippen LogP) is 6.13. The summed E-state index contributed by atoms with van der Waals surface area (Å²) in [4.78, 5) is 27.3. The molecule has 3 atom stereocenters. The lowest BCUT2D eigenvalue weighted by Crippen LogP contribution is -2.60. The molecule has 1 aliphatic heterocycles. The van der Waals surface area contributed by atoms with Crippen LogP contribution in [0, 0.1) is 0 Å². The Balaban J connectivity index is 1.91. The number of hydrogen-bond acceptors (Lipinski definition) is 5. The van der Waals surface area contributed by atoms with Crippen molar-refractivity contribution in [2.24, 2.45) is 0 Å². The molecule has 0 aliphatic carbocycles. The number of rotatable bonds is 5. The lowest BCUT2D eigenvalue weighted by atomic mass is 9.98. The van der Waals surface area contributed by atoms with Crippen molar-refractivity contribution in [2.45, 2.75) is 91.5 Å². The molecule has 1 fully saturated rings. The molecule has 7 heteroatoms. The Morgan fingerprint density at radius 1 is 1.16 bits per heavy atom. The number of fused-ring (bicyclic) bond motifs is 1. The number of carbonyl (C=O) groups excluding carboxylic acids is 1. The zero-order chi connectivity index (χ0) is 23.6. The third kappa shape index (κ3) is 5.60. The Hall–Kier alpha value is -1.73. The monoisotopic (exact) mass is 504 g/mol. The van der Waals surface area contributed by atoms with Crippen LogP contribution >= 0.6 is 15.9 Å². The minimum atomic E-state index is -0.496. The molecular formula is C25H37BrN4O2. The molecule has 1 aromatic carbocycles. The number of aryl methyl sites for hydroxylation is 1. The first-order valence-corrected chi connectivity index (χ1v) is 12.5. The topological polar surface area (TPSA) is 58.6 Å². The SMILES string of the molecule is CCCC(c1nc2ccc(Br)cc2nc1CC)N1C[C@@H](C)N(C(=O)OC(C)(C)C)[C@@H](C)C1. The van der Waals surface area contributed by atoms with Gasteiger partial charge in [-0.25, -0.2) is 14.8 Å². The van der Waals surface area contributed by atoms with Crippen LogP contribution in [0.15, 0.2) is 22.7 Å². The predicted molar refractivity (Wildman–Crippen MR) is 133 cm³/mol. The second-order valence-electron chi connectivity index (χ2n) is 9.89. The maximum absolute atomic E-state index is 12.8. The van der Waals surface area contributed by atoms with Gasteiger partial charge in [0.2, 0.25) is 0 Å². The van der Waals surface area contributed by atoms with E-state index in [1.807, 2.05) is 43.9 Å². The Morgan fingerprint density at radius 2 is 1.81 bits per heavy atom. The van der Waals surface area contributed by atoms with Crippen molar-refractivity contribution in [1.82, 2.24) is 19.8 Å². The molecule has 1 saturated heterocycles. The van der Waals surface area contributed by atoms with Crippen LogP contribution in [0.4, 0.5) is 4.79 Å². The van der Waals surface area contributed by atoms with Gasteiger partial charge in [-0.2, -0.15) is 0 Å². The summed E-state index contributed by atoms with van der Waals surface area (Å²) in [6, 6.07) is 6.38. The Kier molecular flexibility index (Phi) is 7.81. The van der Waals surface area contributed by atoms with Crippen LogP contribution in [0.1, 0.15) is 78.7 Å². The van der Waals surface area contributed by atoms with E-state index in [4.69, 9.17) is 14.7 Å². The first-order chi connectivity index (χ1) is 15.0. The number of halogens is 1. The minimum Gasteiger partial charge on any atom is -0.444 e. The van der Waals surface area contributed by atoms with Crippen LogP contribution in [0.2, 0.25) is 0 Å². The largest absolute Gasteiger partial charge is 0.444 e. The first-order valence-electron chi connectivity index (χ1n) is 11.8. The molecule has 176 valence electrons. The zero-order valence-corrected chi connectivity index (χ0v) is 22.1. The summed E-state index contributed by atoms with van der Waals surface area (Å²) in [5.41, 5.74) is 3.49. The highest BCUT2D eigenvalue weighted by Crippen LogP contribution is 2.32. The molecule has 0 bridgehead atoms. The molecule has 0 N–H and O–H groups in total. The van der Waals surface area contributed by atoms with Gasteiger partial charge in [-0.15, -0.1) is 0 Å². The van der Waals surface area contributed by atoms with Gasteiger partial charge in [0.1, 0.15) is 5.60 Å². The van der Waals surface area contributed by atoms with Gasteiger partial charge in [0.15, 0.2) is 0 Å². The lowest BCUT2D eigenvalue weighted by molar-refractivity contribution is -0.0240. The number of hydrogen-bond donors (Lipinski definition) is 0. The number of piperazine rings is 1. The lowest BCUT2D eigenvalue weighted by Gasteiger charge is -2.47. The zero-order valence-electron chi connectivity index (χ0n) is 20.5. The van der Waals surface area contributed by atoms with Gasteiger partial charge in [0, 0.05) is 29.6 Å². The third-order valence-corrected chi connectivity index (χ3v) is 6.43. The van der Waals surface area contributed by atoms with E-state index < -0.39 is 5.60 Å². The highest BCUT2D eigenvalue weighted by molar-refractivity contribution is 9.10. The van der Waals surface area contributed by atoms with Crippen molar-refractivity contribution >= 4 is 33.1 Å². The van der Waals surface area contributed by atoms with E-state index in [2.05, 4.69) is 48.5 Å². The van der Waals surface area contributed by atoms with E-state index in [1.54, 1.807) is 0 Å². The van der Waals surface area contributed by atoms with E-state index in [1.165, 1.54) is 0 Å². The number of nitrogens with zero attached hydrogens (tertiary/aromatic N) is 4. The fourth-order valence-corrected chi connectivity index (χ4v) is 5.01. The van der Waals surface area contributed by atoms with Crippen LogP contribution in [-0.2, 0) is 11.2 Å². The van der Waals surface area contributed by atoms with Gasteiger partial charge in [-0.3, -0.25) is 4.90 Å². The number of ether oxygens (including phenoxy) is 1. The van der Waals surface area contributed by atoms with E-state index >= 15 is 0 Å². The molecule has 3 rings (SSSR count). The van der Waals surface area contributed by atoms with Gasteiger partial charge in [-0.05, 0) is 65.7 Å². The molecule has 2 heterocycles. The van der Waals surface area contributed by atoms with Gasteiger partial charge in [0.25, 0.3) is 0 Å². The fourth-order valence-electron chi connectivity index (χ4n) is 4.66. The summed E-state index contributed by atoms with van der Waals surface area (Å²) in [5, 5.41) is 0. The van der Waals surface area contributed by atoms with Crippen LogP contribution < -0.4 is 0 Å². The number of aromatic nitrogens is 2. The van der Waals surface area contributed by atoms with Crippen molar-refractivity contribution in [3.8, 4) is 0 Å². The molecule has 1 aliphatic rings. The first kappa shape index (κ1) is 24.9. The van der Waals surface area contributed by atoms with E-state index in [0.29, 0.717) is 0 Å². The number of amides is 1. The van der Waals surface area contributed by atoms with E-state index in [9.17, 15) is 4.79 Å². The average molecular weight is 506 g/mol. The molecule has 6 nitrogen and oxygen atoms in total. The summed E-state index contributed by atoms with van der Waals surface area (Å²) in [6.45, 7) is 15.9. The van der Waals surface area contributed by atoms with Crippen molar-refractivity contribution in [3.05, 3.63) is 34.1 Å². The second-order valence-corrected chi connectivity index (χ2v) is 10.8. The maximum Gasteiger partial charge on any atom is 0.410 e. The summed E-state index contributed by atoms with van der Waals surface area (Å²) in [5.74, 6) is 0. The third-order valence-electron chi connectivity index (χ3n) is 5.93. The molecule has 1 amide bonds. The average Bonchev–Trinajstić information content (AvgIpc) is 2.69. The smallest absolute Gasteiger partial charge is 0.410 e. The molecule has 0 radical (unpaired) electrons. The minimum absolute atomic E-state index is 0.0578. The summed E-state index contributed by atoms with van der Waals surface area (Å²) >= 11 is 3.54. The molecule has 0 spiro atoms. The van der Waals surface area contributed by atoms with E-state index in [-0.39, 0.29) is 24.2 Å². The van der Waals surface area contributed by atoms with Crippen LogP contribution in [0.3, 0.4) is 0 Å². The van der Waals surface area contributed by atoms with Crippen molar-refractivity contribution in [3.63, 3.8) is 0 Å². The van der Waals surface area contributed by atoms with Crippen LogP contribution in [-0.4, -0.2) is 56.6 Å². The van der Waals surface area contributed by atoms with Gasteiger partial charge in [0.05, 0.1) is 28.5 Å². The highest BCUT2D eigenvalue weighted by atomic mass is 79.9. The molecule has 1 aromatic heterocycles. The molecule has 2 aromatic rings. The van der Waals surface area contributed by atoms with E-state index in [0.717, 1.165) is 59.2 Å². The summed E-state index contributed by atoms with van der Waals surface area (Å²) in [7, 11) is 0. The normalized spacial score (nSPS) is 21.1. The standard InChI is InChI=1S/C25H37BrN4O2/c1-8-10-22(23-19(9-2)27-21-13-18(26)11-12-20(21)28-23)29-14-16(3)30(17(4)15-29)24(31)32-25(5,6)7/h11-13,16-17,22H,8-10,14-15H2,1-7H3/t16-,17+,22?. The van der Waals surface area contributed by atoms with Crippen LogP contribution in [0.25, 0.3) is 11.0 Å². The highest BCUT2D eigenvalue weighted by Gasteiger charge is 2.38. The second kappa shape index (κ2) is 10.0. The summed E-state index contributed by atoms with van der Waals surface area (Å²) in [6.07, 6.45) is 2.68. The van der Waals surface area contributed by atoms with Crippen molar-refractivity contribution in [1.29, 1.82) is 0 Å².